The van der Waals surface area contributed by atoms with Crippen molar-refractivity contribution in [2.24, 2.45) is 5.73 Å². The Labute approximate surface area is 105 Å². The molecule has 1 heterocycles. The van der Waals surface area contributed by atoms with Gasteiger partial charge in [-0.1, -0.05) is 23.2 Å². The fraction of sp³-hybridized carbons (Fsp3) is 0.455. The quantitative estimate of drug-likeness (QED) is 0.812. The third-order valence-electron chi connectivity index (χ3n) is 3.12. The number of anilines is 1. The Bertz CT molecular complexity index is 425. The molecule has 0 aliphatic carbocycles. The Morgan fingerprint density at radius 1 is 1.44 bits per heavy atom. The number of fused-ring (bicyclic) bond motifs is 1. The number of hydrogen-bond acceptors (Lipinski definition) is 3. The molecule has 1 aliphatic heterocycles. The third kappa shape index (κ3) is 1.68. The van der Waals surface area contributed by atoms with Crippen LogP contribution in [0.3, 0.4) is 0 Å². The summed E-state index contributed by atoms with van der Waals surface area (Å²) in [6, 6.07) is 3.43. The predicted octanol–water partition coefficient (Wildman–Crippen LogP) is 1.98. The third-order valence-corrected chi connectivity index (χ3v) is 3.74. The van der Waals surface area contributed by atoms with Crippen molar-refractivity contribution >= 4 is 28.9 Å². The Morgan fingerprint density at radius 2 is 2.06 bits per heavy atom. The second-order valence-electron chi connectivity index (χ2n) is 4.16. The van der Waals surface area contributed by atoms with Gasteiger partial charge in [0.1, 0.15) is 5.60 Å². The Kier molecular flexibility index (Phi) is 3.05. The molecule has 1 aromatic carbocycles. The van der Waals surface area contributed by atoms with E-state index in [1.807, 2.05) is 11.9 Å². The summed E-state index contributed by atoms with van der Waals surface area (Å²) in [4.78, 5) is 1.99. The highest BCUT2D eigenvalue weighted by Gasteiger charge is 2.38. The van der Waals surface area contributed by atoms with Crippen LogP contribution >= 0.6 is 23.2 Å². The molecule has 16 heavy (non-hydrogen) atoms. The molecule has 0 amide bonds. The van der Waals surface area contributed by atoms with Crippen LogP contribution < -0.4 is 10.6 Å². The van der Waals surface area contributed by atoms with Crippen molar-refractivity contribution in [1.82, 2.24) is 0 Å². The number of hydrogen-bond donors (Lipinski definition) is 2. The first kappa shape index (κ1) is 12.0. The number of nitrogens with zero attached hydrogens (tertiary/aromatic N) is 1. The fourth-order valence-electron chi connectivity index (χ4n) is 2.15. The van der Waals surface area contributed by atoms with Crippen molar-refractivity contribution < 1.29 is 5.11 Å². The second-order valence-corrected chi connectivity index (χ2v) is 4.97. The van der Waals surface area contributed by atoms with Crippen LogP contribution in [-0.2, 0) is 5.60 Å². The van der Waals surface area contributed by atoms with E-state index in [-0.39, 0.29) is 6.54 Å². The van der Waals surface area contributed by atoms with Gasteiger partial charge in [-0.15, -0.1) is 0 Å². The minimum absolute atomic E-state index is 0.147. The van der Waals surface area contributed by atoms with Gasteiger partial charge in [-0.05, 0) is 18.6 Å². The maximum absolute atomic E-state index is 10.5. The van der Waals surface area contributed by atoms with Crippen molar-refractivity contribution in [2.45, 2.75) is 12.0 Å². The number of aliphatic hydroxyl groups is 1. The molecule has 0 bridgehead atoms. The van der Waals surface area contributed by atoms with Crippen LogP contribution in [0.5, 0.6) is 0 Å². The summed E-state index contributed by atoms with van der Waals surface area (Å²) in [5.41, 5.74) is 6.02. The van der Waals surface area contributed by atoms with E-state index in [0.717, 1.165) is 5.69 Å². The molecule has 0 fully saturated rings. The first-order valence-electron chi connectivity index (χ1n) is 5.11. The van der Waals surface area contributed by atoms with E-state index in [0.29, 0.717) is 28.6 Å². The summed E-state index contributed by atoms with van der Waals surface area (Å²) in [6.45, 7) is 0.856. The van der Waals surface area contributed by atoms with Crippen molar-refractivity contribution in [3.8, 4) is 0 Å². The first-order chi connectivity index (χ1) is 7.49. The maximum atomic E-state index is 10.5. The monoisotopic (exact) mass is 260 g/mol. The fourth-order valence-corrected chi connectivity index (χ4v) is 2.78. The number of rotatable bonds is 1. The molecule has 0 saturated carbocycles. The van der Waals surface area contributed by atoms with Gasteiger partial charge >= 0.3 is 0 Å². The SMILES string of the molecule is CN1CCC(O)(CN)c2c(Cl)ccc(Cl)c21. The van der Waals surface area contributed by atoms with Crippen molar-refractivity contribution in [3.63, 3.8) is 0 Å². The van der Waals surface area contributed by atoms with Crippen molar-refractivity contribution in [1.29, 1.82) is 0 Å². The zero-order valence-corrected chi connectivity index (χ0v) is 10.5. The molecular formula is C11H14Cl2N2O. The molecule has 0 spiro atoms. The second kappa shape index (κ2) is 4.08. The van der Waals surface area contributed by atoms with E-state index >= 15 is 0 Å². The van der Waals surface area contributed by atoms with Gasteiger partial charge < -0.3 is 15.7 Å². The topological polar surface area (TPSA) is 49.5 Å². The predicted molar refractivity (Wildman–Crippen MR) is 67.3 cm³/mol. The molecule has 3 nitrogen and oxygen atoms in total. The van der Waals surface area contributed by atoms with Gasteiger partial charge in [0.15, 0.2) is 0 Å². The van der Waals surface area contributed by atoms with Crippen LogP contribution in [0.4, 0.5) is 5.69 Å². The van der Waals surface area contributed by atoms with Gasteiger partial charge in [0.2, 0.25) is 0 Å². The van der Waals surface area contributed by atoms with E-state index in [1.54, 1.807) is 12.1 Å². The lowest BCUT2D eigenvalue weighted by Gasteiger charge is -2.39. The molecule has 0 saturated heterocycles. The largest absolute Gasteiger partial charge is 0.384 e. The summed E-state index contributed by atoms with van der Waals surface area (Å²) in [7, 11) is 1.93. The van der Waals surface area contributed by atoms with Gasteiger partial charge in [0.25, 0.3) is 0 Å². The summed E-state index contributed by atoms with van der Waals surface area (Å²) < 4.78 is 0. The summed E-state index contributed by atoms with van der Waals surface area (Å²) in [5, 5.41) is 11.6. The molecule has 3 N–H and O–H groups in total. The standard InChI is InChI=1S/C11H14Cl2N2O/c1-15-5-4-11(16,6-14)9-7(12)2-3-8(13)10(9)15/h2-3,16H,4-6,14H2,1H3. The van der Waals surface area contributed by atoms with Crippen LogP contribution in [0.25, 0.3) is 0 Å². The zero-order valence-electron chi connectivity index (χ0n) is 9.00. The average Bonchev–Trinajstić information content (AvgIpc) is 2.27. The molecule has 5 heteroatoms. The highest BCUT2D eigenvalue weighted by Crippen LogP contribution is 2.45. The Hall–Kier alpha value is -0.480. The summed E-state index contributed by atoms with van der Waals surface area (Å²) >= 11 is 12.3. The molecule has 1 atom stereocenters. The molecular weight excluding hydrogens is 247 g/mol. The molecule has 88 valence electrons. The van der Waals surface area contributed by atoms with Gasteiger partial charge in [-0.3, -0.25) is 0 Å². The van der Waals surface area contributed by atoms with Crippen molar-refractivity contribution in [3.05, 3.63) is 27.7 Å². The lowest BCUT2D eigenvalue weighted by Crippen LogP contribution is -2.44. The normalized spacial score (nSPS) is 24.4. The van der Waals surface area contributed by atoms with Gasteiger partial charge in [-0.2, -0.15) is 0 Å². The number of halogens is 2. The van der Waals surface area contributed by atoms with E-state index in [4.69, 9.17) is 28.9 Å². The average molecular weight is 261 g/mol. The maximum Gasteiger partial charge on any atom is 0.107 e. The molecule has 1 unspecified atom stereocenters. The van der Waals surface area contributed by atoms with Crippen LogP contribution in [0.2, 0.25) is 10.0 Å². The Balaban J connectivity index is 2.70. The highest BCUT2D eigenvalue weighted by atomic mass is 35.5. The lowest BCUT2D eigenvalue weighted by molar-refractivity contribution is 0.0352. The molecule has 0 radical (unpaired) electrons. The summed E-state index contributed by atoms with van der Waals surface area (Å²) in [6.07, 6.45) is 0.563. The minimum Gasteiger partial charge on any atom is -0.384 e. The lowest BCUT2D eigenvalue weighted by atomic mass is 9.85. The Morgan fingerprint density at radius 3 is 2.69 bits per heavy atom. The minimum atomic E-state index is -1.07. The molecule has 2 rings (SSSR count). The molecule has 0 aromatic heterocycles. The molecule has 1 aliphatic rings. The van der Waals surface area contributed by atoms with E-state index in [2.05, 4.69) is 0 Å². The highest BCUT2D eigenvalue weighted by molar-refractivity contribution is 6.36. The van der Waals surface area contributed by atoms with E-state index in [9.17, 15) is 5.11 Å². The van der Waals surface area contributed by atoms with Crippen LogP contribution in [-0.4, -0.2) is 25.2 Å². The zero-order chi connectivity index (χ0) is 11.9. The number of benzene rings is 1. The first-order valence-corrected chi connectivity index (χ1v) is 5.87. The van der Waals surface area contributed by atoms with Gasteiger partial charge in [-0.25, -0.2) is 0 Å². The van der Waals surface area contributed by atoms with E-state index in [1.165, 1.54) is 0 Å². The van der Waals surface area contributed by atoms with Crippen LogP contribution in [0, 0.1) is 0 Å². The summed E-state index contributed by atoms with van der Waals surface area (Å²) in [5.74, 6) is 0. The number of nitrogens with two attached hydrogens (primary N) is 1. The van der Waals surface area contributed by atoms with Gasteiger partial charge in [0.05, 0.1) is 10.7 Å². The smallest absolute Gasteiger partial charge is 0.107 e. The van der Waals surface area contributed by atoms with Crippen LogP contribution in [0.15, 0.2) is 12.1 Å². The molecule has 1 aromatic rings. The van der Waals surface area contributed by atoms with Crippen molar-refractivity contribution in [2.75, 3.05) is 25.0 Å². The van der Waals surface area contributed by atoms with Crippen LogP contribution in [0.1, 0.15) is 12.0 Å². The van der Waals surface area contributed by atoms with Gasteiger partial charge in [0, 0.05) is 30.7 Å². The van der Waals surface area contributed by atoms with E-state index < -0.39 is 5.60 Å².